The van der Waals surface area contributed by atoms with E-state index in [1.807, 2.05) is 40.5 Å². The summed E-state index contributed by atoms with van der Waals surface area (Å²) in [5.41, 5.74) is 6.00. The monoisotopic (exact) mass is 508 g/mol. The minimum atomic E-state index is -0.162. The number of hydrogen-bond donors (Lipinski definition) is 2. The normalized spacial score (nSPS) is 14.7. The standard InChI is InChI=1S/C24H20N4O5S2/c1-30-16-7-19(32-11-14-12-34-22(25-14)13-4-3-5-15(29)6-13)17-9-21(33-20(17)8-16)18-10-28-23(26-18)35-24(27-28)31-2/h3-10,12,24,27,29H,11H2,1-2H3. The van der Waals surface area contributed by atoms with E-state index >= 15 is 0 Å². The van der Waals surface area contributed by atoms with Crippen LogP contribution in [-0.2, 0) is 11.3 Å². The molecule has 3 aromatic heterocycles. The van der Waals surface area contributed by atoms with Crippen LogP contribution in [0.1, 0.15) is 5.69 Å². The number of thioether (sulfide) groups is 1. The Morgan fingerprint density at radius 1 is 1.17 bits per heavy atom. The zero-order chi connectivity index (χ0) is 23.9. The Bertz CT molecular complexity index is 1500. The lowest BCUT2D eigenvalue weighted by molar-refractivity contribution is 0.187. The first kappa shape index (κ1) is 21.8. The van der Waals surface area contributed by atoms with Crippen LogP contribution in [0, 0.1) is 0 Å². The molecule has 0 amide bonds. The van der Waals surface area contributed by atoms with Gasteiger partial charge in [-0.15, -0.1) is 11.3 Å². The number of nitrogens with zero attached hydrogens (tertiary/aromatic N) is 3. The molecule has 0 saturated heterocycles. The third kappa shape index (κ3) is 4.18. The number of phenols is 1. The molecule has 0 bridgehead atoms. The maximum absolute atomic E-state index is 9.74. The molecule has 9 nitrogen and oxygen atoms in total. The van der Waals surface area contributed by atoms with E-state index in [1.54, 1.807) is 32.4 Å². The molecule has 35 heavy (non-hydrogen) atoms. The average molecular weight is 509 g/mol. The molecule has 1 atom stereocenters. The van der Waals surface area contributed by atoms with Crippen molar-refractivity contribution in [1.82, 2.24) is 14.6 Å². The van der Waals surface area contributed by atoms with Gasteiger partial charge in [-0.1, -0.05) is 12.1 Å². The van der Waals surface area contributed by atoms with Crippen molar-refractivity contribution in [3.8, 4) is 39.3 Å². The van der Waals surface area contributed by atoms with E-state index in [-0.39, 0.29) is 17.9 Å². The summed E-state index contributed by atoms with van der Waals surface area (Å²) in [5, 5.41) is 14.1. The lowest BCUT2D eigenvalue weighted by Crippen LogP contribution is -2.19. The maximum Gasteiger partial charge on any atom is 0.196 e. The van der Waals surface area contributed by atoms with Crippen LogP contribution >= 0.6 is 23.1 Å². The van der Waals surface area contributed by atoms with Gasteiger partial charge in [0.2, 0.25) is 0 Å². The lowest BCUT2D eigenvalue weighted by atomic mass is 10.2. The van der Waals surface area contributed by atoms with E-state index in [0.29, 0.717) is 28.5 Å². The van der Waals surface area contributed by atoms with Crippen molar-refractivity contribution in [2.45, 2.75) is 17.3 Å². The van der Waals surface area contributed by atoms with Gasteiger partial charge in [-0.2, -0.15) is 0 Å². The molecule has 1 aliphatic rings. The number of nitrogens with one attached hydrogen (secondary N) is 1. The van der Waals surface area contributed by atoms with Crippen LogP contribution in [0.2, 0.25) is 0 Å². The summed E-state index contributed by atoms with van der Waals surface area (Å²) >= 11 is 2.99. The number of imidazole rings is 1. The van der Waals surface area contributed by atoms with Gasteiger partial charge < -0.3 is 23.7 Å². The summed E-state index contributed by atoms with van der Waals surface area (Å²) < 4.78 is 24.8. The average Bonchev–Trinajstić information content (AvgIpc) is 3.64. The number of rotatable bonds is 7. The van der Waals surface area contributed by atoms with E-state index in [0.717, 1.165) is 26.8 Å². The van der Waals surface area contributed by atoms with Crippen molar-refractivity contribution in [2.24, 2.45) is 0 Å². The number of thiazole rings is 1. The summed E-state index contributed by atoms with van der Waals surface area (Å²) in [6.07, 6.45) is 1.87. The molecule has 2 aromatic carbocycles. The minimum Gasteiger partial charge on any atom is -0.508 e. The molecular weight excluding hydrogens is 488 g/mol. The number of phenolic OH excluding ortho intramolecular Hbond substituents is 1. The Morgan fingerprint density at radius 2 is 2.09 bits per heavy atom. The predicted octanol–water partition coefficient (Wildman–Crippen LogP) is 5.29. The largest absolute Gasteiger partial charge is 0.508 e. The highest BCUT2D eigenvalue weighted by Gasteiger charge is 2.25. The van der Waals surface area contributed by atoms with Crippen molar-refractivity contribution < 1.29 is 23.7 Å². The number of aromatic nitrogens is 3. The van der Waals surface area contributed by atoms with Crippen LogP contribution in [0.3, 0.4) is 0 Å². The van der Waals surface area contributed by atoms with E-state index in [2.05, 4.69) is 15.4 Å². The van der Waals surface area contributed by atoms with Gasteiger partial charge in [0, 0.05) is 30.2 Å². The van der Waals surface area contributed by atoms with Crippen LogP contribution < -0.4 is 14.9 Å². The lowest BCUT2D eigenvalue weighted by Gasteiger charge is -2.08. The smallest absolute Gasteiger partial charge is 0.196 e. The fourth-order valence-corrected chi connectivity index (χ4v) is 5.36. The first-order valence-corrected chi connectivity index (χ1v) is 12.4. The molecule has 1 unspecified atom stereocenters. The molecule has 5 aromatic rings. The van der Waals surface area contributed by atoms with Crippen LogP contribution in [0.15, 0.2) is 63.6 Å². The van der Waals surface area contributed by atoms with Crippen molar-refractivity contribution in [1.29, 1.82) is 0 Å². The van der Waals surface area contributed by atoms with Crippen LogP contribution in [0.5, 0.6) is 17.2 Å². The summed E-state index contributed by atoms with van der Waals surface area (Å²) in [7, 11) is 3.25. The Morgan fingerprint density at radius 3 is 2.89 bits per heavy atom. The Balaban J connectivity index is 1.26. The molecule has 0 radical (unpaired) electrons. The molecule has 4 heterocycles. The topological polar surface area (TPSA) is 104 Å². The van der Waals surface area contributed by atoms with Crippen molar-refractivity contribution in [2.75, 3.05) is 19.6 Å². The van der Waals surface area contributed by atoms with E-state index in [1.165, 1.54) is 23.1 Å². The van der Waals surface area contributed by atoms with E-state index < -0.39 is 0 Å². The summed E-state index contributed by atoms with van der Waals surface area (Å²) in [4.78, 5) is 9.30. The number of furan rings is 1. The Hall–Kier alpha value is -3.67. The van der Waals surface area contributed by atoms with Crippen molar-refractivity contribution in [3.63, 3.8) is 0 Å². The molecule has 2 N–H and O–H groups in total. The van der Waals surface area contributed by atoms with E-state index in [4.69, 9.17) is 18.6 Å². The quantitative estimate of drug-likeness (QED) is 0.303. The number of aromatic hydroxyl groups is 1. The first-order valence-electron chi connectivity index (χ1n) is 10.6. The summed E-state index contributed by atoms with van der Waals surface area (Å²) in [6, 6.07) is 12.6. The second kappa shape index (κ2) is 8.84. The highest BCUT2D eigenvalue weighted by atomic mass is 32.2. The molecule has 178 valence electrons. The number of ether oxygens (including phenoxy) is 3. The summed E-state index contributed by atoms with van der Waals surface area (Å²) in [5.74, 6) is 2.08. The molecule has 0 saturated carbocycles. The van der Waals surface area contributed by atoms with Gasteiger partial charge >= 0.3 is 0 Å². The third-order valence-corrected chi connectivity index (χ3v) is 7.38. The van der Waals surface area contributed by atoms with Gasteiger partial charge in [0.15, 0.2) is 16.5 Å². The number of fused-ring (bicyclic) bond motifs is 2. The number of methoxy groups -OCH3 is 2. The van der Waals surface area contributed by atoms with Crippen LogP contribution in [0.4, 0.5) is 0 Å². The number of benzene rings is 2. The Labute approximate surface area is 208 Å². The number of hydrogen-bond acceptors (Lipinski definition) is 10. The van der Waals surface area contributed by atoms with Crippen LogP contribution in [0.25, 0.3) is 33.0 Å². The zero-order valence-corrected chi connectivity index (χ0v) is 20.4. The SMILES string of the molecule is COc1cc(OCc2csc(-c3cccc(O)c3)n2)c2cc(-c3cn4c(n3)SC(OC)N4)oc2c1. The molecule has 0 spiro atoms. The van der Waals surface area contributed by atoms with Gasteiger partial charge in [0.1, 0.15) is 40.1 Å². The van der Waals surface area contributed by atoms with Crippen molar-refractivity contribution in [3.05, 3.63) is 59.7 Å². The maximum atomic E-state index is 9.74. The highest BCUT2D eigenvalue weighted by Crippen LogP contribution is 2.38. The van der Waals surface area contributed by atoms with Gasteiger partial charge in [-0.25, -0.2) is 14.6 Å². The van der Waals surface area contributed by atoms with E-state index in [9.17, 15) is 5.11 Å². The first-order chi connectivity index (χ1) is 17.1. The molecule has 0 aliphatic carbocycles. The minimum absolute atomic E-state index is 0.162. The molecule has 11 heteroatoms. The molecule has 0 fully saturated rings. The molecule has 6 rings (SSSR count). The van der Waals surface area contributed by atoms with Gasteiger partial charge in [-0.05, 0) is 30.0 Å². The van der Waals surface area contributed by atoms with Gasteiger partial charge in [0.25, 0.3) is 0 Å². The van der Waals surface area contributed by atoms with Gasteiger partial charge in [0.05, 0.1) is 24.4 Å². The summed E-state index contributed by atoms with van der Waals surface area (Å²) in [6.45, 7) is 0.274. The highest BCUT2D eigenvalue weighted by molar-refractivity contribution is 7.99. The molecule has 1 aliphatic heterocycles. The Kier molecular flexibility index (Phi) is 5.51. The zero-order valence-electron chi connectivity index (χ0n) is 18.7. The molecular formula is C24H20N4O5S2. The van der Waals surface area contributed by atoms with Crippen LogP contribution in [-0.4, -0.2) is 39.5 Å². The predicted molar refractivity (Wildman–Crippen MR) is 134 cm³/mol. The second-order valence-corrected chi connectivity index (χ2v) is 9.61. The second-order valence-electron chi connectivity index (χ2n) is 7.72. The van der Waals surface area contributed by atoms with Gasteiger partial charge in [-0.3, -0.25) is 5.43 Å². The van der Waals surface area contributed by atoms with Crippen molar-refractivity contribution >= 4 is 34.1 Å². The fourth-order valence-electron chi connectivity index (χ4n) is 3.74. The fraction of sp³-hybridized carbons (Fsp3) is 0.167. The third-order valence-electron chi connectivity index (χ3n) is 5.43.